The van der Waals surface area contributed by atoms with Crippen molar-refractivity contribution in [2.75, 3.05) is 0 Å². The van der Waals surface area contributed by atoms with E-state index in [-0.39, 0.29) is 5.69 Å². The number of aryl methyl sites for hydroxylation is 1. The van der Waals surface area contributed by atoms with Crippen molar-refractivity contribution in [2.45, 2.75) is 39.2 Å². The fourth-order valence-corrected chi connectivity index (χ4v) is 2.29. The molecule has 6 heteroatoms. The molecule has 2 N–H and O–H groups in total. The summed E-state index contributed by atoms with van der Waals surface area (Å²) >= 11 is 0. The second-order valence-electron chi connectivity index (χ2n) is 5.45. The third kappa shape index (κ3) is 4.18. The van der Waals surface area contributed by atoms with Crippen molar-refractivity contribution in [1.82, 2.24) is 15.1 Å². The van der Waals surface area contributed by atoms with Crippen molar-refractivity contribution in [3.63, 3.8) is 0 Å². The second kappa shape index (κ2) is 7.58. The first kappa shape index (κ1) is 16.7. The third-order valence-corrected chi connectivity index (χ3v) is 3.58. The van der Waals surface area contributed by atoms with Crippen LogP contribution in [0, 0.1) is 6.92 Å². The van der Waals surface area contributed by atoms with Crippen LogP contribution >= 0.6 is 0 Å². The number of nitrogens with one attached hydrogen (secondary N) is 1. The molecule has 2 rings (SSSR count). The van der Waals surface area contributed by atoms with Gasteiger partial charge in [-0.25, -0.2) is 9.48 Å². The maximum atomic E-state index is 12.3. The third-order valence-electron chi connectivity index (χ3n) is 3.58. The molecule has 1 heterocycles. The monoisotopic (exact) mass is 315 g/mol. The van der Waals surface area contributed by atoms with Gasteiger partial charge >= 0.3 is 5.97 Å². The lowest BCUT2D eigenvalue weighted by Gasteiger charge is -2.13. The number of hydrogen-bond donors (Lipinski definition) is 2. The van der Waals surface area contributed by atoms with Crippen LogP contribution in [0.25, 0.3) is 5.69 Å². The molecule has 0 aliphatic rings. The number of carboxylic acids is 1. The van der Waals surface area contributed by atoms with Gasteiger partial charge in [-0.2, -0.15) is 5.10 Å². The topological polar surface area (TPSA) is 84.2 Å². The number of carbonyl (C=O) groups is 2. The lowest BCUT2D eigenvalue weighted by atomic mass is 10.1. The summed E-state index contributed by atoms with van der Waals surface area (Å²) in [6, 6.07) is 8.56. The normalized spacial score (nSPS) is 11.9. The van der Waals surface area contributed by atoms with E-state index in [1.807, 2.05) is 37.3 Å². The number of amides is 1. The molecular formula is C17H21N3O3. The van der Waals surface area contributed by atoms with Gasteiger partial charge in [-0.05, 0) is 25.5 Å². The van der Waals surface area contributed by atoms with Gasteiger partial charge < -0.3 is 10.4 Å². The predicted octanol–water partition coefficient (Wildman–Crippen LogP) is 2.55. The Balaban J connectivity index is 2.16. The Morgan fingerprint density at radius 1 is 1.30 bits per heavy atom. The molecule has 1 amide bonds. The highest BCUT2D eigenvalue weighted by Crippen LogP contribution is 2.12. The molecule has 0 fully saturated rings. The molecule has 0 spiro atoms. The van der Waals surface area contributed by atoms with Crippen molar-refractivity contribution in [2.24, 2.45) is 0 Å². The lowest BCUT2D eigenvalue weighted by Crippen LogP contribution is -2.41. The summed E-state index contributed by atoms with van der Waals surface area (Å²) in [7, 11) is 0. The zero-order valence-corrected chi connectivity index (χ0v) is 13.3. The minimum Gasteiger partial charge on any atom is -0.480 e. The second-order valence-corrected chi connectivity index (χ2v) is 5.45. The van der Waals surface area contributed by atoms with Crippen molar-refractivity contribution in [3.05, 3.63) is 47.8 Å². The minimum atomic E-state index is -1.02. The summed E-state index contributed by atoms with van der Waals surface area (Å²) in [5.41, 5.74) is 1.79. The predicted molar refractivity (Wildman–Crippen MR) is 86.7 cm³/mol. The van der Waals surface area contributed by atoms with Gasteiger partial charge in [0.25, 0.3) is 5.91 Å². The molecule has 1 aromatic heterocycles. The van der Waals surface area contributed by atoms with Crippen LogP contribution in [0.2, 0.25) is 0 Å². The highest BCUT2D eigenvalue weighted by Gasteiger charge is 2.22. The minimum absolute atomic E-state index is 0.247. The van der Waals surface area contributed by atoms with Gasteiger partial charge in [-0.3, -0.25) is 4.79 Å². The first-order chi connectivity index (χ1) is 11.0. The van der Waals surface area contributed by atoms with E-state index in [9.17, 15) is 14.7 Å². The van der Waals surface area contributed by atoms with E-state index in [1.54, 1.807) is 17.8 Å². The molecule has 0 radical (unpaired) electrons. The summed E-state index contributed by atoms with van der Waals surface area (Å²) < 4.78 is 1.62. The summed E-state index contributed by atoms with van der Waals surface area (Å²) in [5.74, 6) is -1.48. The molecule has 122 valence electrons. The first-order valence-corrected chi connectivity index (χ1v) is 7.68. The first-order valence-electron chi connectivity index (χ1n) is 7.68. The van der Waals surface area contributed by atoms with Crippen molar-refractivity contribution in [1.29, 1.82) is 0 Å². The fourth-order valence-electron chi connectivity index (χ4n) is 2.29. The molecule has 0 aliphatic carbocycles. The van der Waals surface area contributed by atoms with Crippen molar-refractivity contribution < 1.29 is 14.7 Å². The lowest BCUT2D eigenvalue weighted by molar-refractivity contribution is -0.139. The van der Waals surface area contributed by atoms with E-state index in [1.165, 1.54) is 0 Å². The van der Waals surface area contributed by atoms with E-state index in [0.29, 0.717) is 12.0 Å². The molecule has 0 saturated heterocycles. The van der Waals surface area contributed by atoms with E-state index >= 15 is 0 Å². The number of aromatic nitrogens is 2. The highest BCUT2D eigenvalue weighted by molar-refractivity contribution is 5.96. The van der Waals surface area contributed by atoms with Gasteiger partial charge in [0.2, 0.25) is 0 Å². The number of unbranched alkanes of at least 4 members (excludes halogenated alkanes) is 1. The van der Waals surface area contributed by atoms with E-state index in [0.717, 1.165) is 18.5 Å². The Bertz CT molecular complexity index is 680. The van der Waals surface area contributed by atoms with Crippen molar-refractivity contribution in [3.8, 4) is 5.69 Å². The molecule has 0 aliphatic heterocycles. The van der Waals surface area contributed by atoms with Gasteiger partial charge in [0, 0.05) is 11.8 Å². The average molecular weight is 315 g/mol. The zero-order valence-electron chi connectivity index (χ0n) is 13.3. The summed E-state index contributed by atoms with van der Waals surface area (Å²) in [4.78, 5) is 23.6. The number of carbonyl (C=O) groups excluding carboxylic acids is 1. The van der Waals surface area contributed by atoms with Crippen LogP contribution in [0.1, 0.15) is 42.2 Å². The Hall–Kier alpha value is -2.63. The summed E-state index contributed by atoms with van der Waals surface area (Å²) in [6.45, 7) is 3.76. The van der Waals surface area contributed by atoms with Gasteiger partial charge in [0.15, 0.2) is 5.69 Å². The highest BCUT2D eigenvalue weighted by atomic mass is 16.4. The number of hydrogen-bond acceptors (Lipinski definition) is 3. The van der Waals surface area contributed by atoms with Crippen LogP contribution in [0.4, 0.5) is 0 Å². The van der Waals surface area contributed by atoms with Crippen LogP contribution in [0.5, 0.6) is 0 Å². The average Bonchev–Trinajstić information content (AvgIpc) is 2.94. The molecular weight excluding hydrogens is 294 g/mol. The molecule has 2 aromatic rings. The zero-order chi connectivity index (χ0) is 16.8. The van der Waals surface area contributed by atoms with E-state index in [2.05, 4.69) is 10.4 Å². The standard InChI is InChI=1S/C17H21N3O3/c1-3-4-10-14(17(22)23)18-16(21)15-12(2)11-20(19-15)13-8-6-5-7-9-13/h5-9,11,14H,3-4,10H2,1-2H3,(H,18,21)(H,22,23). The van der Waals surface area contributed by atoms with Crippen molar-refractivity contribution >= 4 is 11.9 Å². The molecule has 1 aromatic carbocycles. The Morgan fingerprint density at radius 2 is 2.00 bits per heavy atom. The number of aliphatic carboxylic acids is 1. The van der Waals surface area contributed by atoms with E-state index in [4.69, 9.17) is 0 Å². The molecule has 1 atom stereocenters. The maximum absolute atomic E-state index is 12.3. The van der Waals surface area contributed by atoms with Crippen LogP contribution in [-0.4, -0.2) is 32.8 Å². The maximum Gasteiger partial charge on any atom is 0.326 e. The number of para-hydroxylation sites is 1. The molecule has 23 heavy (non-hydrogen) atoms. The number of nitrogens with zero attached hydrogens (tertiary/aromatic N) is 2. The smallest absolute Gasteiger partial charge is 0.326 e. The van der Waals surface area contributed by atoms with Gasteiger partial charge in [0.1, 0.15) is 6.04 Å². The summed E-state index contributed by atoms with van der Waals surface area (Å²) in [5, 5.41) is 16.1. The van der Waals surface area contributed by atoms with Crippen LogP contribution < -0.4 is 5.32 Å². The van der Waals surface area contributed by atoms with Crippen LogP contribution in [0.15, 0.2) is 36.5 Å². The van der Waals surface area contributed by atoms with Gasteiger partial charge in [0.05, 0.1) is 5.69 Å². The Kier molecular flexibility index (Phi) is 5.51. The van der Waals surface area contributed by atoms with E-state index < -0.39 is 17.9 Å². The summed E-state index contributed by atoms with van der Waals surface area (Å²) in [6.07, 6.45) is 3.79. The number of carboxylic acid groups (broad SMARTS) is 1. The number of benzene rings is 1. The van der Waals surface area contributed by atoms with Gasteiger partial charge in [-0.15, -0.1) is 0 Å². The fraction of sp³-hybridized carbons (Fsp3) is 0.353. The molecule has 0 bridgehead atoms. The Morgan fingerprint density at radius 3 is 2.61 bits per heavy atom. The van der Waals surface area contributed by atoms with Crippen LogP contribution in [0.3, 0.4) is 0 Å². The SMILES string of the molecule is CCCCC(NC(=O)c1nn(-c2ccccc2)cc1C)C(=O)O. The van der Waals surface area contributed by atoms with Gasteiger partial charge in [-0.1, -0.05) is 38.0 Å². The number of rotatable bonds is 7. The Labute approximate surface area is 135 Å². The quantitative estimate of drug-likeness (QED) is 0.822. The molecule has 6 nitrogen and oxygen atoms in total. The molecule has 1 unspecified atom stereocenters. The van der Waals surface area contributed by atoms with Crippen LogP contribution in [-0.2, 0) is 4.79 Å². The largest absolute Gasteiger partial charge is 0.480 e. The molecule has 0 saturated carbocycles.